The second-order valence-electron chi connectivity index (χ2n) is 5.94. The van der Waals surface area contributed by atoms with E-state index in [1.807, 2.05) is 13.8 Å². The van der Waals surface area contributed by atoms with Crippen molar-refractivity contribution in [2.24, 2.45) is 0 Å². The zero-order valence-electron chi connectivity index (χ0n) is 11.7. The fourth-order valence-corrected chi connectivity index (χ4v) is 3.29. The number of ether oxygens (including phenoxy) is 4. The molecule has 19 heavy (non-hydrogen) atoms. The van der Waals surface area contributed by atoms with Crippen LogP contribution in [0.2, 0.25) is 0 Å². The van der Waals surface area contributed by atoms with Crippen molar-refractivity contribution in [3.8, 4) is 0 Å². The maximum absolute atomic E-state index is 8.99. The van der Waals surface area contributed by atoms with Gasteiger partial charge in [0.2, 0.25) is 0 Å². The predicted octanol–water partition coefficient (Wildman–Crippen LogP) is -0.00770. The van der Waals surface area contributed by atoms with Crippen LogP contribution in [0.3, 0.4) is 0 Å². The molecule has 3 heterocycles. The lowest BCUT2D eigenvalue weighted by molar-refractivity contribution is -0.197. The van der Waals surface area contributed by atoms with E-state index in [2.05, 4.69) is 12.2 Å². The van der Waals surface area contributed by atoms with Gasteiger partial charge < -0.3 is 29.4 Å². The highest BCUT2D eigenvalue weighted by molar-refractivity contribution is 5.09. The molecule has 1 unspecified atom stereocenters. The third-order valence-corrected chi connectivity index (χ3v) is 4.23. The van der Waals surface area contributed by atoms with Gasteiger partial charge in [-0.25, -0.2) is 0 Å². The Kier molecular flexibility index (Phi) is 3.36. The van der Waals surface area contributed by atoms with Gasteiger partial charge in [0.25, 0.3) is 0 Å². The molecule has 3 rings (SSSR count). The third-order valence-electron chi connectivity index (χ3n) is 4.23. The molecule has 0 aromatic heterocycles. The van der Waals surface area contributed by atoms with Crippen LogP contribution in [-0.4, -0.2) is 60.8 Å². The number of hydrogen-bond acceptors (Lipinski definition) is 6. The molecule has 2 bridgehead atoms. The molecule has 3 saturated heterocycles. The average molecular weight is 273 g/mol. The van der Waals surface area contributed by atoms with E-state index in [-0.39, 0.29) is 31.1 Å². The molecule has 6 nitrogen and oxygen atoms in total. The molecule has 0 aromatic carbocycles. The predicted molar refractivity (Wildman–Crippen MR) is 66.5 cm³/mol. The van der Waals surface area contributed by atoms with Crippen molar-refractivity contribution >= 4 is 0 Å². The minimum atomic E-state index is -0.607. The fourth-order valence-electron chi connectivity index (χ4n) is 3.29. The van der Waals surface area contributed by atoms with Gasteiger partial charge in [0.1, 0.15) is 17.8 Å². The zero-order valence-corrected chi connectivity index (χ0v) is 11.7. The summed E-state index contributed by atoms with van der Waals surface area (Å²) in [7, 11) is 0. The number of aliphatic hydroxyl groups is 1. The molecule has 3 aliphatic heterocycles. The summed E-state index contributed by atoms with van der Waals surface area (Å²) >= 11 is 0. The molecular formula is C13H23NO5. The first-order valence-electron chi connectivity index (χ1n) is 7.01. The Balaban J connectivity index is 1.86. The van der Waals surface area contributed by atoms with Crippen molar-refractivity contribution in [3.05, 3.63) is 0 Å². The summed E-state index contributed by atoms with van der Waals surface area (Å²) in [5.74, 6) is -0.607. The van der Waals surface area contributed by atoms with Crippen LogP contribution in [0.4, 0.5) is 0 Å². The van der Waals surface area contributed by atoms with Crippen LogP contribution in [0.5, 0.6) is 0 Å². The molecule has 3 fully saturated rings. The number of hydrogen-bond donors (Lipinski definition) is 2. The van der Waals surface area contributed by atoms with Gasteiger partial charge in [0.15, 0.2) is 12.1 Å². The van der Waals surface area contributed by atoms with E-state index >= 15 is 0 Å². The second-order valence-corrected chi connectivity index (χ2v) is 5.94. The van der Waals surface area contributed by atoms with Gasteiger partial charge in [-0.05, 0) is 20.3 Å². The minimum Gasteiger partial charge on any atom is -0.395 e. The Bertz CT molecular complexity index is 350. The molecule has 0 spiro atoms. The molecule has 110 valence electrons. The van der Waals surface area contributed by atoms with Crippen LogP contribution in [0.1, 0.15) is 27.2 Å². The van der Waals surface area contributed by atoms with E-state index in [1.165, 1.54) is 0 Å². The van der Waals surface area contributed by atoms with Gasteiger partial charge in [0, 0.05) is 6.54 Å². The molecular weight excluding hydrogens is 250 g/mol. The maximum atomic E-state index is 8.99. The highest BCUT2D eigenvalue weighted by Gasteiger charge is 2.64. The zero-order chi connectivity index (χ0) is 13.7. The van der Waals surface area contributed by atoms with E-state index in [0.29, 0.717) is 13.2 Å². The molecule has 0 aliphatic carbocycles. The number of aliphatic hydroxyl groups excluding tert-OH is 1. The summed E-state index contributed by atoms with van der Waals surface area (Å²) in [5.41, 5.74) is -0.402. The van der Waals surface area contributed by atoms with E-state index < -0.39 is 11.4 Å². The molecule has 2 N–H and O–H groups in total. The minimum absolute atomic E-state index is 0.0732. The van der Waals surface area contributed by atoms with E-state index in [0.717, 1.165) is 6.42 Å². The largest absolute Gasteiger partial charge is 0.395 e. The molecule has 3 aliphatic rings. The van der Waals surface area contributed by atoms with Crippen molar-refractivity contribution in [1.29, 1.82) is 0 Å². The smallest absolute Gasteiger partial charge is 0.176 e. The Hall–Kier alpha value is -0.240. The molecule has 5 atom stereocenters. The average Bonchev–Trinajstić information content (AvgIpc) is 2.90. The number of nitrogens with one attached hydrogen (secondary N) is 1. The third kappa shape index (κ3) is 2.11. The van der Waals surface area contributed by atoms with Gasteiger partial charge in [-0.1, -0.05) is 6.92 Å². The van der Waals surface area contributed by atoms with Gasteiger partial charge in [-0.2, -0.15) is 0 Å². The van der Waals surface area contributed by atoms with Crippen LogP contribution in [-0.2, 0) is 18.9 Å². The lowest BCUT2D eigenvalue weighted by atomic mass is 9.86. The monoisotopic (exact) mass is 273 g/mol. The quantitative estimate of drug-likeness (QED) is 0.751. The van der Waals surface area contributed by atoms with Crippen LogP contribution in [0, 0.1) is 0 Å². The van der Waals surface area contributed by atoms with Crippen molar-refractivity contribution in [2.75, 3.05) is 19.8 Å². The van der Waals surface area contributed by atoms with Crippen LogP contribution in [0.15, 0.2) is 0 Å². The van der Waals surface area contributed by atoms with E-state index in [9.17, 15) is 0 Å². The van der Waals surface area contributed by atoms with E-state index in [1.54, 1.807) is 0 Å². The van der Waals surface area contributed by atoms with Crippen molar-refractivity contribution in [3.63, 3.8) is 0 Å². The SMILES string of the molecule is CC[C@@]12COC(O1)[C@H](NCCO)[C@H]1OC(C)(C)O[C@H]12. The number of rotatable bonds is 4. The highest BCUT2D eigenvalue weighted by atomic mass is 16.8. The van der Waals surface area contributed by atoms with E-state index in [4.69, 9.17) is 24.1 Å². The van der Waals surface area contributed by atoms with Crippen molar-refractivity contribution in [1.82, 2.24) is 5.32 Å². The highest BCUT2D eigenvalue weighted by Crippen LogP contribution is 2.47. The Labute approximate surface area is 113 Å². The fraction of sp³-hybridized carbons (Fsp3) is 1.00. The topological polar surface area (TPSA) is 69.2 Å². The van der Waals surface area contributed by atoms with Crippen molar-refractivity contribution in [2.45, 2.75) is 63.1 Å². The van der Waals surface area contributed by atoms with Gasteiger partial charge in [-0.3, -0.25) is 0 Å². The Morgan fingerprint density at radius 1 is 1.26 bits per heavy atom. The standard InChI is InChI=1S/C13H23NO5/c1-4-13-7-16-11(19-13)8(14-5-6-15)9-10(13)18-12(2,3)17-9/h8-11,14-15H,4-7H2,1-3H3/t8-,9-,10-,11?,13+/m1/s1. The maximum Gasteiger partial charge on any atom is 0.176 e. The Morgan fingerprint density at radius 2 is 2.05 bits per heavy atom. The lowest BCUT2D eigenvalue weighted by Gasteiger charge is -2.42. The summed E-state index contributed by atoms with van der Waals surface area (Å²) < 4.78 is 23.9. The normalized spacial score (nSPS) is 47.4. The number of fused-ring (bicyclic) bond motifs is 4. The molecule has 0 radical (unpaired) electrons. The van der Waals surface area contributed by atoms with Crippen molar-refractivity contribution < 1.29 is 24.1 Å². The van der Waals surface area contributed by atoms with Crippen LogP contribution < -0.4 is 5.32 Å². The molecule has 0 amide bonds. The lowest BCUT2D eigenvalue weighted by Crippen LogP contribution is -2.63. The van der Waals surface area contributed by atoms with Gasteiger partial charge in [0.05, 0.1) is 19.3 Å². The summed E-state index contributed by atoms with van der Waals surface area (Å²) in [6.45, 7) is 7.02. The summed E-state index contributed by atoms with van der Waals surface area (Å²) in [6, 6.07) is -0.110. The van der Waals surface area contributed by atoms with Crippen LogP contribution >= 0.6 is 0 Å². The van der Waals surface area contributed by atoms with Gasteiger partial charge in [-0.15, -0.1) is 0 Å². The Morgan fingerprint density at radius 3 is 2.74 bits per heavy atom. The summed E-state index contributed by atoms with van der Waals surface area (Å²) in [5, 5.41) is 12.2. The van der Waals surface area contributed by atoms with Crippen LogP contribution in [0.25, 0.3) is 0 Å². The first-order valence-corrected chi connectivity index (χ1v) is 7.01. The molecule has 0 aromatic rings. The second kappa shape index (κ2) is 4.65. The summed E-state index contributed by atoms with van der Waals surface area (Å²) in [4.78, 5) is 0. The molecule has 0 saturated carbocycles. The first kappa shape index (κ1) is 13.7. The summed E-state index contributed by atoms with van der Waals surface area (Å²) in [6.07, 6.45) is 0.257. The first-order chi connectivity index (χ1) is 9.01. The molecule has 6 heteroatoms. The van der Waals surface area contributed by atoms with Gasteiger partial charge >= 0.3 is 0 Å².